The van der Waals surface area contributed by atoms with E-state index < -0.39 is 0 Å². The Bertz CT molecular complexity index is 1430. The highest BCUT2D eigenvalue weighted by atomic mass is 32.1. The van der Waals surface area contributed by atoms with E-state index in [1.807, 2.05) is 41.3 Å². The summed E-state index contributed by atoms with van der Waals surface area (Å²) in [5.74, 6) is 1.63. The summed E-state index contributed by atoms with van der Waals surface area (Å²) in [4.78, 5) is 40.7. The minimum Gasteiger partial charge on any atom is -0.497 e. The summed E-state index contributed by atoms with van der Waals surface area (Å²) in [6.07, 6.45) is 1.98. The van der Waals surface area contributed by atoms with Gasteiger partial charge < -0.3 is 24.5 Å². The number of carbonyl (C=O) groups excluding carboxylic acids is 1. The van der Waals surface area contributed by atoms with E-state index in [9.17, 15) is 9.59 Å². The number of rotatable bonds is 5. The molecule has 0 spiro atoms. The lowest BCUT2D eigenvalue weighted by Gasteiger charge is -2.35. The van der Waals surface area contributed by atoms with Crippen LogP contribution in [-0.4, -0.2) is 63.6 Å². The van der Waals surface area contributed by atoms with E-state index in [1.54, 1.807) is 13.3 Å². The molecular weight excluding hydrogens is 440 g/mol. The van der Waals surface area contributed by atoms with Crippen molar-refractivity contribution in [1.29, 1.82) is 0 Å². The highest BCUT2D eigenvalue weighted by Crippen LogP contribution is 2.26. The number of carbonyl (C=O) groups is 1. The van der Waals surface area contributed by atoms with Gasteiger partial charge in [-0.3, -0.25) is 14.2 Å². The van der Waals surface area contributed by atoms with Crippen molar-refractivity contribution in [1.82, 2.24) is 24.4 Å². The van der Waals surface area contributed by atoms with Crippen LogP contribution in [0.15, 0.2) is 47.4 Å². The third-order valence-corrected chi connectivity index (χ3v) is 6.42. The first-order valence-corrected chi connectivity index (χ1v) is 11.2. The summed E-state index contributed by atoms with van der Waals surface area (Å²) < 4.78 is 7.04. The van der Waals surface area contributed by atoms with E-state index in [0.717, 1.165) is 29.8 Å². The Hall–Kier alpha value is -3.66. The maximum atomic E-state index is 13.1. The summed E-state index contributed by atoms with van der Waals surface area (Å²) in [6, 6.07) is 11.4. The number of piperazine rings is 1. The van der Waals surface area contributed by atoms with E-state index in [0.29, 0.717) is 34.6 Å². The number of aromatic amines is 2. The molecule has 10 heteroatoms. The van der Waals surface area contributed by atoms with Gasteiger partial charge in [-0.25, -0.2) is 4.98 Å². The van der Waals surface area contributed by atoms with Gasteiger partial charge in [0.15, 0.2) is 4.77 Å². The number of pyridine rings is 1. The first-order valence-electron chi connectivity index (χ1n) is 10.8. The van der Waals surface area contributed by atoms with Crippen molar-refractivity contribution in [3.8, 4) is 5.75 Å². The van der Waals surface area contributed by atoms with Crippen LogP contribution in [0.3, 0.4) is 0 Å². The Morgan fingerprint density at radius 3 is 2.67 bits per heavy atom. The number of nitrogens with one attached hydrogen (secondary N) is 2. The number of ether oxygens (including phenoxy) is 1. The Balaban J connectivity index is 1.30. The molecule has 1 amide bonds. The number of hydrogen-bond acceptors (Lipinski definition) is 6. The Morgan fingerprint density at radius 2 is 1.94 bits per heavy atom. The zero-order valence-electron chi connectivity index (χ0n) is 18.2. The average molecular weight is 465 g/mol. The van der Waals surface area contributed by atoms with Crippen molar-refractivity contribution in [2.45, 2.75) is 13.0 Å². The van der Waals surface area contributed by atoms with Crippen molar-refractivity contribution in [3.63, 3.8) is 0 Å². The fraction of sp³-hybridized carbons (Fsp3) is 0.304. The lowest BCUT2D eigenvalue weighted by atomic mass is 10.2. The predicted molar refractivity (Wildman–Crippen MR) is 129 cm³/mol. The fourth-order valence-corrected chi connectivity index (χ4v) is 4.56. The first-order chi connectivity index (χ1) is 16.0. The number of methoxy groups -OCH3 is 1. The number of H-pyrrole nitrogens is 2. The van der Waals surface area contributed by atoms with Crippen molar-refractivity contribution < 1.29 is 9.53 Å². The van der Waals surface area contributed by atoms with Gasteiger partial charge in [0.05, 0.1) is 12.6 Å². The van der Waals surface area contributed by atoms with Gasteiger partial charge in [0, 0.05) is 56.2 Å². The molecule has 2 N–H and O–H groups in total. The molecule has 1 fully saturated rings. The molecule has 33 heavy (non-hydrogen) atoms. The Kier molecular flexibility index (Phi) is 5.59. The fourth-order valence-electron chi connectivity index (χ4n) is 4.28. The molecule has 1 aliphatic heterocycles. The van der Waals surface area contributed by atoms with Gasteiger partial charge in [-0.2, -0.15) is 0 Å². The number of fused-ring (bicyclic) bond motifs is 3. The van der Waals surface area contributed by atoms with Crippen LogP contribution >= 0.6 is 12.2 Å². The van der Waals surface area contributed by atoms with Crippen LogP contribution in [0.2, 0.25) is 0 Å². The number of aromatic nitrogens is 4. The van der Waals surface area contributed by atoms with Gasteiger partial charge >= 0.3 is 0 Å². The SMILES string of the molecule is COc1ccc2[nH]c3c(=O)n(CCC(=O)N4CCN(c5ccccn5)CC4)c(=S)[nH]c3c2c1. The van der Waals surface area contributed by atoms with Gasteiger partial charge in [-0.15, -0.1) is 0 Å². The molecule has 5 rings (SSSR count). The van der Waals surface area contributed by atoms with Crippen molar-refractivity contribution in [3.05, 3.63) is 57.7 Å². The molecule has 0 atom stereocenters. The van der Waals surface area contributed by atoms with Gasteiger partial charge in [0.1, 0.15) is 17.1 Å². The number of nitrogens with zero attached hydrogens (tertiary/aromatic N) is 4. The van der Waals surface area contributed by atoms with E-state index in [-0.39, 0.29) is 24.4 Å². The number of amides is 1. The maximum Gasteiger partial charge on any atom is 0.278 e. The molecule has 0 unspecified atom stereocenters. The summed E-state index contributed by atoms with van der Waals surface area (Å²) in [6.45, 7) is 2.93. The van der Waals surface area contributed by atoms with E-state index in [2.05, 4.69) is 19.9 Å². The highest BCUT2D eigenvalue weighted by molar-refractivity contribution is 7.71. The van der Waals surface area contributed by atoms with Crippen molar-refractivity contribution in [2.75, 3.05) is 38.2 Å². The molecule has 4 aromatic rings. The smallest absolute Gasteiger partial charge is 0.278 e. The second-order valence-electron chi connectivity index (χ2n) is 7.98. The summed E-state index contributed by atoms with van der Waals surface area (Å²) in [5, 5.41) is 0.835. The predicted octanol–water partition coefficient (Wildman–Crippen LogP) is 2.68. The molecule has 4 heterocycles. The second-order valence-corrected chi connectivity index (χ2v) is 8.37. The van der Waals surface area contributed by atoms with Gasteiger partial charge in [0.2, 0.25) is 5.91 Å². The highest BCUT2D eigenvalue weighted by Gasteiger charge is 2.22. The minimum absolute atomic E-state index is 0.0125. The molecule has 1 saturated heterocycles. The molecule has 170 valence electrons. The quantitative estimate of drug-likeness (QED) is 0.441. The van der Waals surface area contributed by atoms with Crippen molar-refractivity contribution >= 4 is 45.9 Å². The largest absolute Gasteiger partial charge is 0.497 e. The average Bonchev–Trinajstić information content (AvgIpc) is 3.22. The second kappa shape index (κ2) is 8.70. The number of benzene rings is 1. The molecule has 1 aromatic carbocycles. The lowest BCUT2D eigenvalue weighted by molar-refractivity contribution is -0.131. The van der Waals surface area contributed by atoms with Crippen LogP contribution in [0.25, 0.3) is 21.9 Å². The van der Waals surface area contributed by atoms with E-state index in [1.165, 1.54) is 4.57 Å². The number of hydrogen-bond donors (Lipinski definition) is 2. The topological polar surface area (TPSA) is 99.2 Å². The van der Waals surface area contributed by atoms with E-state index >= 15 is 0 Å². The Labute approximate surface area is 194 Å². The van der Waals surface area contributed by atoms with Gasteiger partial charge in [0.25, 0.3) is 5.56 Å². The normalized spacial score (nSPS) is 14.2. The molecule has 0 bridgehead atoms. The maximum absolute atomic E-state index is 13.1. The van der Waals surface area contributed by atoms with Crippen LogP contribution in [0, 0.1) is 4.77 Å². The van der Waals surface area contributed by atoms with Crippen LogP contribution < -0.4 is 15.2 Å². The molecule has 9 nitrogen and oxygen atoms in total. The molecule has 0 saturated carbocycles. The standard InChI is InChI=1S/C23H24N6O3S/c1-32-15-5-6-17-16(14-15)20-21(25-17)22(31)29(23(33)26-20)9-7-19(30)28-12-10-27(11-13-28)18-4-2-3-8-24-18/h2-6,8,14,25H,7,9-13H2,1H3,(H,26,33). The lowest BCUT2D eigenvalue weighted by Crippen LogP contribution is -2.49. The van der Waals surface area contributed by atoms with Crippen LogP contribution in [0.4, 0.5) is 5.82 Å². The minimum atomic E-state index is -0.239. The van der Waals surface area contributed by atoms with E-state index in [4.69, 9.17) is 17.0 Å². The molecule has 1 aliphatic rings. The third kappa shape index (κ3) is 3.97. The van der Waals surface area contributed by atoms with Crippen LogP contribution in [0.1, 0.15) is 6.42 Å². The first kappa shape index (κ1) is 21.2. The molecule has 3 aromatic heterocycles. The molecular formula is C23H24N6O3S. The van der Waals surface area contributed by atoms with Gasteiger partial charge in [-0.05, 0) is 42.5 Å². The Morgan fingerprint density at radius 1 is 1.12 bits per heavy atom. The van der Waals surface area contributed by atoms with Gasteiger partial charge in [-0.1, -0.05) is 6.07 Å². The monoisotopic (exact) mass is 464 g/mol. The van der Waals surface area contributed by atoms with Crippen LogP contribution in [0.5, 0.6) is 5.75 Å². The van der Waals surface area contributed by atoms with Crippen molar-refractivity contribution in [2.24, 2.45) is 0 Å². The van der Waals surface area contributed by atoms with Crippen LogP contribution in [-0.2, 0) is 11.3 Å². The summed E-state index contributed by atoms with van der Waals surface area (Å²) in [5.41, 5.74) is 1.65. The zero-order chi connectivity index (χ0) is 22.9. The summed E-state index contributed by atoms with van der Waals surface area (Å²) >= 11 is 5.46. The molecule has 0 radical (unpaired) electrons. The molecule has 0 aliphatic carbocycles. The zero-order valence-corrected chi connectivity index (χ0v) is 19.0. The summed E-state index contributed by atoms with van der Waals surface area (Å²) in [7, 11) is 1.60. The third-order valence-electron chi connectivity index (χ3n) is 6.10. The number of anilines is 1.